The zero-order chi connectivity index (χ0) is 20.7. The predicted molar refractivity (Wildman–Crippen MR) is 107 cm³/mol. The molecule has 2 N–H and O–H groups in total. The lowest BCUT2D eigenvalue weighted by Crippen LogP contribution is -2.22. The number of nitrogens with one attached hydrogen (secondary N) is 2. The molecule has 148 valence electrons. The van der Waals surface area contributed by atoms with Crippen LogP contribution in [0.3, 0.4) is 0 Å². The van der Waals surface area contributed by atoms with E-state index in [1.54, 1.807) is 0 Å². The fourth-order valence-electron chi connectivity index (χ4n) is 2.29. The van der Waals surface area contributed by atoms with Crippen LogP contribution in [0.2, 0.25) is 0 Å². The molecule has 0 aliphatic heterocycles. The number of esters is 1. The maximum Gasteiger partial charge on any atom is 0.306 e. The Hall–Kier alpha value is -2.74. The number of hydrogen-bond donors (Lipinski definition) is 2. The first-order valence-electron chi connectivity index (χ1n) is 8.52. The molecular formula is C20H20BrFN2O4. The SMILES string of the molecule is Cc1cc(NC(=O)COC(=O)CCC(=O)Nc2ccc(F)cc2)c(C)cc1Br. The molecule has 0 unspecified atom stereocenters. The van der Waals surface area contributed by atoms with Crippen LogP contribution in [0, 0.1) is 19.7 Å². The van der Waals surface area contributed by atoms with Crippen LogP contribution in [0.25, 0.3) is 0 Å². The van der Waals surface area contributed by atoms with E-state index in [1.165, 1.54) is 24.3 Å². The molecule has 0 saturated heterocycles. The third kappa shape index (κ3) is 6.77. The van der Waals surface area contributed by atoms with Gasteiger partial charge < -0.3 is 15.4 Å². The molecule has 28 heavy (non-hydrogen) atoms. The van der Waals surface area contributed by atoms with Crippen molar-refractivity contribution in [2.75, 3.05) is 17.2 Å². The van der Waals surface area contributed by atoms with Crippen molar-refractivity contribution < 1.29 is 23.5 Å². The number of ether oxygens (including phenoxy) is 1. The molecule has 0 aliphatic carbocycles. The summed E-state index contributed by atoms with van der Waals surface area (Å²) in [5.41, 5.74) is 2.90. The molecule has 0 heterocycles. The molecule has 0 radical (unpaired) electrons. The number of anilines is 2. The highest BCUT2D eigenvalue weighted by Crippen LogP contribution is 2.24. The van der Waals surface area contributed by atoms with Gasteiger partial charge in [0.05, 0.1) is 6.42 Å². The van der Waals surface area contributed by atoms with Crippen molar-refractivity contribution in [3.8, 4) is 0 Å². The summed E-state index contributed by atoms with van der Waals surface area (Å²) < 4.78 is 18.7. The van der Waals surface area contributed by atoms with Crippen LogP contribution in [0.15, 0.2) is 40.9 Å². The van der Waals surface area contributed by atoms with Gasteiger partial charge in [-0.05, 0) is 61.4 Å². The van der Waals surface area contributed by atoms with E-state index >= 15 is 0 Å². The van der Waals surface area contributed by atoms with Gasteiger partial charge in [0.15, 0.2) is 6.61 Å². The quantitative estimate of drug-likeness (QED) is 0.621. The Morgan fingerprint density at radius 3 is 2.32 bits per heavy atom. The Bertz CT molecular complexity index is 885. The standard InChI is InChI=1S/C20H20BrFN2O4/c1-12-10-17(13(2)9-16(12)21)24-19(26)11-28-20(27)8-7-18(25)23-15-5-3-14(22)4-6-15/h3-6,9-10H,7-8,11H2,1-2H3,(H,23,25)(H,24,26). The molecule has 8 heteroatoms. The summed E-state index contributed by atoms with van der Waals surface area (Å²) in [7, 11) is 0. The van der Waals surface area contributed by atoms with Crippen molar-refractivity contribution in [3.05, 3.63) is 57.8 Å². The predicted octanol–water partition coefficient (Wildman–Crippen LogP) is 4.11. The molecule has 2 amide bonds. The largest absolute Gasteiger partial charge is 0.456 e. The second kappa shape index (κ2) is 9.98. The Morgan fingerprint density at radius 1 is 0.964 bits per heavy atom. The zero-order valence-electron chi connectivity index (χ0n) is 15.5. The summed E-state index contributed by atoms with van der Waals surface area (Å²) >= 11 is 3.42. The summed E-state index contributed by atoms with van der Waals surface area (Å²) in [5.74, 6) is -1.94. The minimum atomic E-state index is -0.659. The number of aryl methyl sites for hydroxylation is 2. The van der Waals surface area contributed by atoms with Gasteiger partial charge in [-0.2, -0.15) is 0 Å². The van der Waals surface area contributed by atoms with Gasteiger partial charge in [-0.15, -0.1) is 0 Å². The van der Waals surface area contributed by atoms with E-state index in [0.29, 0.717) is 11.4 Å². The number of benzene rings is 2. The summed E-state index contributed by atoms with van der Waals surface area (Å²) in [4.78, 5) is 35.5. The molecule has 2 rings (SSSR count). The van der Waals surface area contributed by atoms with Gasteiger partial charge in [-0.1, -0.05) is 15.9 Å². The average molecular weight is 451 g/mol. The Kier molecular flexibility index (Phi) is 7.69. The lowest BCUT2D eigenvalue weighted by Gasteiger charge is -2.11. The van der Waals surface area contributed by atoms with Gasteiger partial charge >= 0.3 is 5.97 Å². The molecule has 2 aromatic carbocycles. The van der Waals surface area contributed by atoms with Crippen molar-refractivity contribution >= 4 is 45.1 Å². The minimum absolute atomic E-state index is 0.108. The summed E-state index contributed by atoms with van der Waals surface area (Å²) in [6.07, 6.45) is -0.278. The number of carbonyl (C=O) groups is 3. The van der Waals surface area contributed by atoms with Gasteiger partial charge in [0.25, 0.3) is 5.91 Å². The first kappa shape index (κ1) is 21.6. The second-order valence-corrected chi connectivity index (χ2v) is 7.03. The van der Waals surface area contributed by atoms with Gasteiger partial charge in [-0.25, -0.2) is 4.39 Å². The Balaban J connectivity index is 1.73. The number of hydrogen-bond acceptors (Lipinski definition) is 4. The molecule has 0 saturated carbocycles. The number of carbonyl (C=O) groups excluding carboxylic acids is 3. The molecule has 0 aromatic heterocycles. The molecule has 0 aliphatic rings. The van der Waals surface area contributed by atoms with E-state index in [1.807, 2.05) is 26.0 Å². The first-order valence-corrected chi connectivity index (χ1v) is 9.31. The fraction of sp³-hybridized carbons (Fsp3) is 0.250. The van der Waals surface area contributed by atoms with Crippen molar-refractivity contribution in [1.29, 1.82) is 0 Å². The average Bonchev–Trinajstić information content (AvgIpc) is 2.64. The van der Waals surface area contributed by atoms with Crippen molar-refractivity contribution in [2.45, 2.75) is 26.7 Å². The van der Waals surface area contributed by atoms with Crippen molar-refractivity contribution in [2.24, 2.45) is 0 Å². The smallest absolute Gasteiger partial charge is 0.306 e. The second-order valence-electron chi connectivity index (χ2n) is 6.18. The van der Waals surface area contributed by atoms with Crippen LogP contribution in [0.1, 0.15) is 24.0 Å². The Morgan fingerprint density at radius 2 is 1.64 bits per heavy atom. The van der Waals surface area contributed by atoms with Crippen LogP contribution >= 0.6 is 15.9 Å². The summed E-state index contributed by atoms with van der Waals surface area (Å²) in [5, 5.41) is 5.23. The van der Waals surface area contributed by atoms with E-state index in [0.717, 1.165) is 15.6 Å². The monoisotopic (exact) mass is 450 g/mol. The lowest BCUT2D eigenvalue weighted by molar-refractivity contribution is -0.147. The molecule has 0 bridgehead atoms. The van der Waals surface area contributed by atoms with Crippen LogP contribution in [-0.4, -0.2) is 24.4 Å². The first-order chi connectivity index (χ1) is 13.2. The maximum absolute atomic E-state index is 12.8. The third-order valence-corrected chi connectivity index (χ3v) is 4.68. The highest BCUT2D eigenvalue weighted by Gasteiger charge is 2.12. The van der Waals surface area contributed by atoms with E-state index < -0.39 is 30.2 Å². The topological polar surface area (TPSA) is 84.5 Å². The van der Waals surface area contributed by atoms with Crippen LogP contribution < -0.4 is 10.6 Å². The van der Waals surface area contributed by atoms with E-state index in [4.69, 9.17) is 4.74 Å². The number of amides is 2. The van der Waals surface area contributed by atoms with Crippen LogP contribution in [0.4, 0.5) is 15.8 Å². The van der Waals surface area contributed by atoms with Crippen LogP contribution in [-0.2, 0) is 19.1 Å². The summed E-state index contributed by atoms with van der Waals surface area (Å²) in [6, 6.07) is 8.98. The molecular weight excluding hydrogens is 431 g/mol. The van der Waals surface area contributed by atoms with Gasteiger partial charge in [0, 0.05) is 22.3 Å². The van der Waals surface area contributed by atoms with E-state index in [-0.39, 0.29) is 12.8 Å². The van der Waals surface area contributed by atoms with E-state index in [9.17, 15) is 18.8 Å². The lowest BCUT2D eigenvalue weighted by atomic mass is 10.1. The number of rotatable bonds is 7. The highest BCUT2D eigenvalue weighted by atomic mass is 79.9. The molecule has 0 spiro atoms. The Labute approximate surface area is 170 Å². The maximum atomic E-state index is 12.8. The summed E-state index contributed by atoms with van der Waals surface area (Å²) in [6.45, 7) is 3.31. The highest BCUT2D eigenvalue weighted by molar-refractivity contribution is 9.10. The third-order valence-electron chi connectivity index (χ3n) is 3.83. The van der Waals surface area contributed by atoms with E-state index in [2.05, 4.69) is 26.6 Å². The minimum Gasteiger partial charge on any atom is -0.456 e. The number of halogens is 2. The van der Waals surface area contributed by atoms with Crippen molar-refractivity contribution in [1.82, 2.24) is 0 Å². The fourth-order valence-corrected chi connectivity index (χ4v) is 2.75. The van der Waals surface area contributed by atoms with Crippen LogP contribution in [0.5, 0.6) is 0 Å². The molecule has 0 atom stereocenters. The van der Waals surface area contributed by atoms with Gasteiger partial charge in [0.2, 0.25) is 5.91 Å². The van der Waals surface area contributed by atoms with Gasteiger partial charge in [-0.3, -0.25) is 14.4 Å². The molecule has 6 nitrogen and oxygen atoms in total. The molecule has 2 aromatic rings. The normalized spacial score (nSPS) is 10.3. The van der Waals surface area contributed by atoms with Gasteiger partial charge in [0.1, 0.15) is 5.82 Å². The molecule has 0 fully saturated rings. The van der Waals surface area contributed by atoms with Crippen molar-refractivity contribution in [3.63, 3.8) is 0 Å². The zero-order valence-corrected chi connectivity index (χ0v) is 17.1.